The fourth-order valence-corrected chi connectivity index (χ4v) is 2.93. The molecule has 0 unspecified atom stereocenters. The Labute approximate surface area is 108 Å². The van der Waals surface area contributed by atoms with Gasteiger partial charge in [-0.05, 0) is 25.7 Å². The molecule has 4 heteroatoms. The van der Waals surface area contributed by atoms with Crippen molar-refractivity contribution in [2.75, 3.05) is 11.9 Å². The maximum Gasteiger partial charge on any atom is 0.185 e. The smallest absolute Gasteiger partial charge is 0.185 e. The van der Waals surface area contributed by atoms with Crippen LogP contribution in [0.5, 0.6) is 0 Å². The highest BCUT2D eigenvalue weighted by atomic mass is 32.1. The predicted octanol–water partition coefficient (Wildman–Crippen LogP) is 3.02. The van der Waals surface area contributed by atoms with Gasteiger partial charge in [-0.25, -0.2) is 4.98 Å². The monoisotopic (exact) mass is 253 g/mol. The fraction of sp³-hybridized carbons (Fsp3) is 0.769. The van der Waals surface area contributed by atoms with Gasteiger partial charge in [0.05, 0.1) is 5.69 Å². The highest BCUT2D eigenvalue weighted by Crippen LogP contribution is 2.24. The summed E-state index contributed by atoms with van der Waals surface area (Å²) in [5.41, 5.74) is 1.19. The molecule has 2 rings (SSSR count). The van der Waals surface area contributed by atoms with Gasteiger partial charge in [0, 0.05) is 31.1 Å². The van der Waals surface area contributed by atoms with E-state index in [4.69, 9.17) is 4.98 Å². The summed E-state index contributed by atoms with van der Waals surface area (Å²) in [6.07, 6.45) is 5.04. The molecule has 0 aromatic carbocycles. The zero-order valence-corrected chi connectivity index (χ0v) is 11.9. The molecule has 1 aromatic rings. The van der Waals surface area contributed by atoms with E-state index in [9.17, 15) is 0 Å². The van der Waals surface area contributed by atoms with E-state index in [2.05, 4.69) is 36.5 Å². The number of nitrogens with one attached hydrogen (secondary N) is 1. The van der Waals surface area contributed by atoms with Crippen molar-refractivity contribution in [3.63, 3.8) is 0 Å². The van der Waals surface area contributed by atoms with Crippen LogP contribution in [0.15, 0.2) is 5.38 Å². The van der Waals surface area contributed by atoms with Crippen molar-refractivity contribution >= 4 is 16.5 Å². The van der Waals surface area contributed by atoms with Gasteiger partial charge in [0.2, 0.25) is 0 Å². The van der Waals surface area contributed by atoms with E-state index in [1.165, 1.54) is 31.4 Å². The molecule has 1 aliphatic rings. The van der Waals surface area contributed by atoms with Gasteiger partial charge in [-0.2, -0.15) is 0 Å². The summed E-state index contributed by atoms with van der Waals surface area (Å²) < 4.78 is 0. The van der Waals surface area contributed by atoms with E-state index in [-0.39, 0.29) is 0 Å². The number of rotatable bonds is 7. The lowest BCUT2D eigenvalue weighted by molar-refractivity contribution is 0.589. The van der Waals surface area contributed by atoms with Crippen molar-refractivity contribution in [2.24, 2.45) is 0 Å². The second kappa shape index (κ2) is 5.83. The van der Waals surface area contributed by atoms with Crippen molar-refractivity contribution in [2.45, 2.75) is 58.2 Å². The van der Waals surface area contributed by atoms with Crippen LogP contribution < -0.4 is 10.2 Å². The van der Waals surface area contributed by atoms with Gasteiger partial charge in [0.25, 0.3) is 0 Å². The van der Waals surface area contributed by atoms with Crippen molar-refractivity contribution < 1.29 is 0 Å². The third kappa shape index (κ3) is 3.42. The first-order valence-corrected chi connectivity index (χ1v) is 7.53. The Bertz CT molecular complexity index is 342. The fourth-order valence-electron chi connectivity index (χ4n) is 2.07. The minimum absolute atomic E-state index is 0.616. The Morgan fingerprint density at radius 2 is 2.18 bits per heavy atom. The molecule has 1 fully saturated rings. The average Bonchev–Trinajstić information content (AvgIpc) is 3.05. The third-order valence-electron chi connectivity index (χ3n) is 3.48. The van der Waals surface area contributed by atoms with Gasteiger partial charge in [0.15, 0.2) is 5.13 Å². The first-order chi connectivity index (χ1) is 8.24. The van der Waals surface area contributed by atoms with Crippen LogP contribution in [0, 0.1) is 0 Å². The maximum atomic E-state index is 4.71. The lowest BCUT2D eigenvalue weighted by atomic mass is 10.1. The lowest BCUT2D eigenvalue weighted by Crippen LogP contribution is -2.30. The summed E-state index contributed by atoms with van der Waals surface area (Å²) in [6.45, 7) is 5.42. The van der Waals surface area contributed by atoms with Gasteiger partial charge in [-0.3, -0.25) is 0 Å². The number of aromatic nitrogens is 1. The molecular formula is C13H23N3S. The highest BCUT2D eigenvalue weighted by molar-refractivity contribution is 7.13. The topological polar surface area (TPSA) is 28.2 Å². The van der Waals surface area contributed by atoms with Gasteiger partial charge in [-0.15, -0.1) is 11.3 Å². The van der Waals surface area contributed by atoms with E-state index >= 15 is 0 Å². The van der Waals surface area contributed by atoms with Crippen LogP contribution >= 0.6 is 11.3 Å². The van der Waals surface area contributed by atoms with E-state index in [1.54, 1.807) is 11.3 Å². The molecule has 0 amide bonds. The third-order valence-corrected chi connectivity index (χ3v) is 4.46. The molecule has 0 saturated heterocycles. The lowest BCUT2D eigenvalue weighted by Gasteiger charge is -2.25. The normalized spacial score (nSPS) is 15.5. The summed E-state index contributed by atoms with van der Waals surface area (Å²) in [4.78, 5) is 7.03. The van der Waals surface area contributed by atoms with E-state index in [0.717, 1.165) is 17.7 Å². The standard InChI is InChI=1S/C13H23N3S/c1-4-12(5-2)16(3)13-15-11(9-17-13)8-14-10-6-7-10/h9-10,12,14H,4-8H2,1-3H3. The number of anilines is 1. The summed E-state index contributed by atoms with van der Waals surface area (Å²) in [5, 5.41) is 6.85. The van der Waals surface area contributed by atoms with Crippen molar-refractivity contribution in [1.82, 2.24) is 10.3 Å². The highest BCUT2D eigenvalue weighted by Gasteiger charge is 2.21. The molecule has 0 spiro atoms. The predicted molar refractivity (Wildman–Crippen MR) is 74.7 cm³/mol. The van der Waals surface area contributed by atoms with Crippen LogP contribution in [0.4, 0.5) is 5.13 Å². The van der Waals surface area contributed by atoms with Gasteiger partial charge < -0.3 is 10.2 Å². The van der Waals surface area contributed by atoms with E-state index in [0.29, 0.717) is 6.04 Å². The molecule has 1 N–H and O–H groups in total. The Balaban J connectivity index is 1.90. The molecule has 17 heavy (non-hydrogen) atoms. The molecule has 96 valence electrons. The van der Waals surface area contributed by atoms with Crippen LogP contribution in [0.25, 0.3) is 0 Å². The van der Waals surface area contributed by atoms with E-state index < -0.39 is 0 Å². The van der Waals surface area contributed by atoms with Crippen molar-refractivity contribution in [3.8, 4) is 0 Å². The molecular weight excluding hydrogens is 230 g/mol. The van der Waals surface area contributed by atoms with Crippen LogP contribution in [-0.4, -0.2) is 24.1 Å². The summed E-state index contributed by atoms with van der Waals surface area (Å²) >= 11 is 1.76. The maximum absolute atomic E-state index is 4.71. The summed E-state index contributed by atoms with van der Waals surface area (Å²) in [7, 11) is 2.16. The van der Waals surface area contributed by atoms with Crippen molar-refractivity contribution in [1.29, 1.82) is 0 Å². The Kier molecular flexibility index (Phi) is 4.40. The second-order valence-electron chi connectivity index (χ2n) is 4.86. The molecule has 1 saturated carbocycles. The zero-order valence-electron chi connectivity index (χ0n) is 11.1. The summed E-state index contributed by atoms with van der Waals surface area (Å²) in [6, 6.07) is 1.38. The molecule has 3 nitrogen and oxygen atoms in total. The Morgan fingerprint density at radius 3 is 2.76 bits per heavy atom. The minimum atomic E-state index is 0.616. The first kappa shape index (κ1) is 12.8. The van der Waals surface area contributed by atoms with Gasteiger partial charge >= 0.3 is 0 Å². The zero-order chi connectivity index (χ0) is 12.3. The SMILES string of the molecule is CCC(CC)N(C)c1nc(CNC2CC2)cs1. The average molecular weight is 253 g/mol. The quantitative estimate of drug-likeness (QED) is 0.809. The largest absolute Gasteiger partial charge is 0.348 e. The van der Waals surface area contributed by atoms with Gasteiger partial charge in [-0.1, -0.05) is 13.8 Å². The number of thiazole rings is 1. The molecule has 0 atom stereocenters. The first-order valence-electron chi connectivity index (χ1n) is 6.65. The summed E-state index contributed by atoms with van der Waals surface area (Å²) in [5.74, 6) is 0. The number of hydrogen-bond donors (Lipinski definition) is 1. The van der Waals surface area contributed by atoms with Crippen LogP contribution in [-0.2, 0) is 6.54 Å². The van der Waals surface area contributed by atoms with Crippen molar-refractivity contribution in [3.05, 3.63) is 11.1 Å². The van der Waals surface area contributed by atoms with Crippen LogP contribution in [0.2, 0.25) is 0 Å². The molecule has 0 radical (unpaired) electrons. The van der Waals surface area contributed by atoms with Crippen LogP contribution in [0.3, 0.4) is 0 Å². The minimum Gasteiger partial charge on any atom is -0.348 e. The number of hydrogen-bond acceptors (Lipinski definition) is 4. The van der Waals surface area contributed by atoms with E-state index in [1.807, 2.05) is 0 Å². The van der Waals surface area contributed by atoms with Crippen LogP contribution in [0.1, 0.15) is 45.2 Å². The molecule has 0 aliphatic heterocycles. The molecule has 1 aromatic heterocycles. The second-order valence-corrected chi connectivity index (χ2v) is 5.69. The Hall–Kier alpha value is -0.610. The van der Waals surface area contributed by atoms with Gasteiger partial charge in [0.1, 0.15) is 0 Å². The number of nitrogens with zero attached hydrogens (tertiary/aromatic N) is 2. The Morgan fingerprint density at radius 1 is 1.47 bits per heavy atom. The molecule has 1 aliphatic carbocycles. The molecule has 0 bridgehead atoms. The molecule has 1 heterocycles.